The second-order valence-corrected chi connectivity index (χ2v) is 5.72. The van der Waals surface area contributed by atoms with E-state index in [0.29, 0.717) is 13.1 Å². The number of hydrogen-bond donors (Lipinski definition) is 2. The second-order valence-electron chi connectivity index (χ2n) is 5.72. The van der Waals surface area contributed by atoms with Gasteiger partial charge in [-0.05, 0) is 30.0 Å². The molecule has 2 N–H and O–H groups in total. The number of H-pyrrole nitrogens is 1. The van der Waals surface area contributed by atoms with E-state index >= 15 is 0 Å². The van der Waals surface area contributed by atoms with Crippen molar-refractivity contribution in [3.05, 3.63) is 62.4 Å². The molecule has 2 heterocycles. The molecule has 1 aliphatic rings. The van der Waals surface area contributed by atoms with Crippen LogP contribution < -0.4 is 21.3 Å². The minimum Gasteiger partial charge on any atom is -0.493 e. The van der Waals surface area contributed by atoms with E-state index in [1.807, 2.05) is 18.2 Å². The number of amides is 1. The van der Waals surface area contributed by atoms with Crippen molar-refractivity contribution in [1.29, 1.82) is 0 Å². The van der Waals surface area contributed by atoms with Crippen LogP contribution in [0.3, 0.4) is 0 Å². The molecule has 0 atom stereocenters. The molecule has 0 spiro atoms. The first-order valence-corrected chi connectivity index (χ1v) is 7.93. The number of nitrogens with one attached hydrogen (secondary N) is 2. The average molecular weight is 329 g/mol. The van der Waals surface area contributed by atoms with Gasteiger partial charge in [-0.25, -0.2) is 4.79 Å². The van der Waals surface area contributed by atoms with Crippen LogP contribution in [0.4, 0.5) is 0 Å². The van der Waals surface area contributed by atoms with Gasteiger partial charge in [0.05, 0.1) is 13.0 Å². The van der Waals surface area contributed by atoms with Crippen molar-refractivity contribution in [2.75, 3.05) is 13.2 Å². The summed E-state index contributed by atoms with van der Waals surface area (Å²) in [6.07, 6.45) is 3.67. The Labute approximate surface area is 138 Å². The van der Waals surface area contributed by atoms with Gasteiger partial charge in [-0.2, -0.15) is 0 Å². The monoisotopic (exact) mass is 329 g/mol. The molecule has 0 aliphatic carbocycles. The molecule has 0 saturated heterocycles. The fourth-order valence-electron chi connectivity index (χ4n) is 2.71. The molecule has 1 aromatic heterocycles. The lowest BCUT2D eigenvalue weighted by molar-refractivity contribution is -0.120. The normalized spacial score (nSPS) is 13.0. The van der Waals surface area contributed by atoms with E-state index in [1.54, 1.807) is 0 Å². The minimum absolute atomic E-state index is 0.107. The number of rotatable bonds is 5. The topological polar surface area (TPSA) is 93.2 Å². The van der Waals surface area contributed by atoms with Gasteiger partial charge in [-0.15, -0.1) is 0 Å². The van der Waals surface area contributed by atoms with Crippen molar-refractivity contribution < 1.29 is 9.53 Å². The number of aryl methyl sites for hydroxylation is 1. The molecule has 126 valence electrons. The van der Waals surface area contributed by atoms with Crippen LogP contribution in [-0.4, -0.2) is 28.6 Å². The zero-order valence-corrected chi connectivity index (χ0v) is 13.2. The Balaban J connectivity index is 1.52. The molecule has 7 heteroatoms. The molecular formula is C17H19N3O4. The lowest BCUT2D eigenvalue weighted by Crippen LogP contribution is -2.34. The molecule has 0 saturated carbocycles. The van der Waals surface area contributed by atoms with Crippen molar-refractivity contribution in [3.63, 3.8) is 0 Å². The maximum atomic E-state index is 12.0. The van der Waals surface area contributed by atoms with Gasteiger partial charge in [0.25, 0.3) is 5.56 Å². The Morgan fingerprint density at radius 1 is 1.29 bits per heavy atom. The second kappa shape index (κ2) is 7.16. The number of carbonyl (C=O) groups is 1. The molecule has 7 nitrogen and oxygen atoms in total. The Bertz CT molecular complexity index is 853. The van der Waals surface area contributed by atoms with Crippen molar-refractivity contribution in [1.82, 2.24) is 14.9 Å². The fourth-order valence-corrected chi connectivity index (χ4v) is 2.71. The van der Waals surface area contributed by atoms with Crippen molar-refractivity contribution in [3.8, 4) is 5.75 Å². The third kappa shape index (κ3) is 3.92. The summed E-state index contributed by atoms with van der Waals surface area (Å²) in [5, 5.41) is 2.78. The van der Waals surface area contributed by atoms with Crippen LogP contribution in [0, 0.1) is 0 Å². The summed E-state index contributed by atoms with van der Waals surface area (Å²) in [6, 6.07) is 7.10. The molecule has 1 aromatic carbocycles. The van der Waals surface area contributed by atoms with Gasteiger partial charge in [-0.3, -0.25) is 19.1 Å². The van der Waals surface area contributed by atoms with Gasteiger partial charge in [0.2, 0.25) is 5.91 Å². The Morgan fingerprint density at radius 2 is 2.17 bits per heavy atom. The van der Waals surface area contributed by atoms with E-state index in [-0.39, 0.29) is 12.3 Å². The third-order valence-corrected chi connectivity index (χ3v) is 3.91. The first-order valence-electron chi connectivity index (χ1n) is 7.93. The Morgan fingerprint density at radius 3 is 3.00 bits per heavy atom. The van der Waals surface area contributed by atoms with Gasteiger partial charge in [0.1, 0.15) is 5.75 Å². The van der Waals surface area contributed by atoms with E-state index in [9.17, 15) is 14.4 Å². The van der Waals surface area contributed by atoms with Gasteiger partial charge < -0.3 is 10.1 Å². The summed E-state index contributed by atoms with van der Waals surface area (Å²) in [6.45, 7) is 1.37. The summed E-state index contributed by atoms with van der Waals surface area (Å²) in [4.78, 5) is 36.7. The zero-order valence-electron chi connectivity index (χ0n) is 13.2. The highest BCUT2D eigenvalue weighted by Crippen LogP contribution is 2.25. The van der Waals surface area contributed by atoms with Crippen LogP contribution >= 0.6 is 0 Å². The molecule has 3 rings (SSSR count). The highest BCUT2D eigenvalue weighted by molar-refractivity contribution is 5.78. The summed E-state index contributed by atoms with van der Waals surface area (Å²) < 4.78 is 6.90. The van der Waals surface area contributed by atoms with Crippen LogP contribution in [-0.2, 0) is 24.2 Å². The van der Waals surface area contributed by atoms with Crippen molar-refractivity contribution in [2.45, 2.75) is 25.8 Å². The van der Waals surface area contributed by atoms with E-state index in [1.165, 1.54) is 16.8 Å². The third-order valence-electron chi connectivity index (χ3n) is 3.91. The minimum atomic E-state index is -0.480. The molecular weight excluding hydrogens is 310 g/mol. The van der Waals surface area contributed by atoms with E-state index in [0.717, 1.165) is 36.3 Å². The first-order chi connectivity index (χ1) is 11.6. The van der Waals surface area contributed by atoms with Crippen LogP contribution in [0.25, 0.3) is 0 Å². The standard InChI is InChI=1S/C17H19N3O4/c21-15-5-7-20(17(23)19-15)8-6-18-16(22)11-12-3-4-14-13(10-12)2-1-9-24-14/h3-5,7,10H,1-2,6,8-9,11H2,(H,18,22)(H,19,21,23). The number of nitrogens with zero attached hydrogens (tertiary/aromatic N) is 1. The van der Waals surface area contributed by atoms with Crippen LogP contribution in [0.2, 0.25) is 0 Å². The lowest BCUT2D eigenvalue weighted by Gasteiger charge is -2.17. The number of aromatic amines is 1. The van der Waals surface area contributed by atoms with Gasteiger partial charge in [-0.1, -0.05) is 12.1 Å². The quantitative estimate of drug-likeness (QED) is 0.821. The molecule has 2 aromatic rings. The number of aromatic nitrogens is 2. The number of hydrogen-bond acceptors (Lipinski definition) is 4. The van der Waals surface area contributed by atoms with E-state index in [2.05, 4.69) is 10.3 Å². The van der Waals surface area contributed by atoms with Gasteiger partial charge in [0.15, 0.2) is 0 Å². The number of carbonyl (C=O) groups excluding carboxylic acids is 1. The Hall–Kier alpha value is -2.83. The fraction of sp³-hybridized carbons (Fsp3) is 0.353. The van der Waals surface area contributed by atoms with Gasteiger partial charge in [0, 0.05) is 25.4 Å². The lowest BCUT2D eigenvalue weighted by atomic mass is 10.0. The molecule has 1 amide bonds. The van der Waals surface area contributed by atoms with Crippen LogP contribution in [0.1, 0.15) is 17.5 Å². The summed E-state index contributed by atoms with van der Waals surface area (Å²) in [5.41, 5.74) is 1.17. The number of benzene rings is 1. The van der Waals surface area contributed by atoms with Crippen molar-refractivity contribution in [2.24, 2.45) is 0 Å². The maximum Gasteiger partial charge on any atom is 0.328 e. The highest BCUT2D eigenvalue weighted by atomic mass is 16.5. The summed E-state index contributed by atoms with van der Waals surface area (Å²) >= 11 is 0. The largest absolute Gasteiger partial charge is 0.493 e. The SMILES string of the molecule is O=C(Cc1ccc2c(c1)CCCO2)NCCn1ccc(=O)[nH]c1=O. The van der Waals surface area contributed by atoms with Crippen LogP contribution in [0.15, 0.2) is 40.1 Å². The number of fused-ring (bicyclic) bond motifs is 1. The molecule has 1 aliphatic heterocycles. The predicted molar refractivity (Wildman–Crippen MR) is 88.3 cm³/mol. The average Bonchev–Trinajstić information content (AvgIpc) is 2.57. The molecule has 0 radical (unpaired) electrons. The molecule has 0 bridgehead atoms. The zero-order chi connectivity index (χ0) is 16.9. The summed E-state index contributed by atoms with van der Waals surface area (Å²) in [7, 11) is 0. The smallest absolute Gasteiger partial charge is 0.328 e. The van der Waals surface area contributed by atoms with E-state index < -0.39 is 11.2 Å². The molecule has 0 fully saturated rings. The van der Waals surface area contributed by atoms with Crippen LogP contribution in [0.5, 0.6) is 5.75 Å². The number of ether oxygens (including phenoxy) is 1. The highest BCUT2D eigenvalue weighted by Gasteiger charge is 2.12. The predicted octanol–water partition coefficient (Wildman–Crippen LogP) is 0.220. The molecule has 0 unspecified atom stereocenters. The maximum absolute atomic E-state index is 12.0. The van der Waals surface area contributed by atoms with Gasteiger partial charge >= 0.3 is 5.69 Å². The summed E-state index contributed by atoms with van der Waals surface area (Å²) in [5.74, 6) is 0.798. The molecule has 24 heavy (non-hydrogen) atoms. The van der Waals surface area contributed by atoms with E-state index in [4.69, 9.17) is 4.74 Å². The van der Waals surface area contributed by atoms with Crippen molar-refractivity contribution >= 4 is 5.91 Å². The Kier molecular flexibility index (Phi) is 4.79. The first kappa shape index (κ1) is 16.0.